The zero-order valence-electron chi connectivity index (χ0n) is 11.3. The van der Waals surface area contributed by atoms with E-state index in [1.807, 2.05) is 6.08 Å². The second-order valence-electron chi connectivity index (χ2n) is 4.59. The molecule has 0 bridgehead atoms. The van der Waals surface area contributed by atoms with E-state index in [4.69, 9.17) is 19.2 Å². The van der Waals surface area contributed by atoms with E-state index in [1.54, 1.807) is 0 Å². The molecular formula is C13H25BO4. The van der Waals surface area contributed by atoms with Gasteiger partial charge in [0.15, 0.2) is 6.29 Å². The Kier molecular flexibility index (Phi) is 8.99. The average Bonchev–Trinajstić information content (AvgIpc) is 2.40. The van der Waals surface area contributed by atoms with Crippen LogP contribution >= 0.6 is 0 Å². The molecule has 0 aliphatic carbocycles. The topological polar surface area (TPSA) is 47.9 Å². The first-order valence-electron chi connectivity index (χ1n) is 7.03. The van der Waals surface area contributed by atoms with Crippen molar-refractivity contribution in [2.24, 2.45) is 0 Å². The highest BCUT2D eigenvalue weighted by atomic mass is 16.7. The van der Waals surface area contributed by atoms with Gasteiger partial charge in [0.25, 0.3) is 0 Å². The third-order valence-electron chi connectivity index (χ3n) is 3.02. The fraction of sp³-hybridized carbons (Fsp3) is 0.846. The maximum Gasteiger partial charge on any atom is 0.503 e. The van der Waals surface area contributed by atoms with Gasteiger partial charge < -0.3 is 19.2 Å². The van der Waals surface area contributed by atoms with Crippen LogP contribution in [0.2, 0.25) is 0 Å². The highest BCUT2D eigenvalue weighted by molar-refractivity contribution is 6.16. The van der Waals surface area contributed by atoms with Crippen molar-refractivity contribution < 1.29 is 19.2 Å². The van der Waals surface area contributed by atoms with Crippen LogP contribution in [-0.4, -0.2) is 31.7 Å². The van der Waals surface area contributed by atoms with E-state index >= 15 is 0 Å². The van der Waals surface area contributed by atoms with Crippen LogP contribution in [0.25, 0.3) is 0 Å². The van der Waals surface area contributed by atoms with Crippen LogP contribution < -0.4 is 0 Å². The predicted molar refractivity (Wildman–Crippen MR) is 72.2 cm³/mol. The van der Waals surface area contributed by atoms with E-state index in [0.29, 0.717) is 0 Å². The van der Waals surface area contributed by atoms with Gasteiger partial charge in [0.2, 0.25) is 0 Å². The molecule has 0 aromatic rings. The minimum absolute atomic E-state index is 0.0196. The molecule has 4 nitrogen and oxygen atoms in total. The summed E-state index contributed by atoms with van der Waals surface area (Å²) in [5.74, 6) is 0. The molecule has 18 heavy (non-hydrogen) atoms. The Morgan fingerprint density at radius 1 is 1.44 bits per heavy atom. The van der Waals surface area contributed by atoms with Crippen molar-refractivity contribution in [2.75, 3.05) is 6.61 Å². The lowest BCUT2D eigenvalue weighted by molar-refractivity contribution is -0.179. The number of rotatable bonds is 9. The van der Waals surface area contributed by atoms with E-state index < -0.39 is 0 Å². The van der Waals surface area contributed by atoms with Gasteiger partial charge in [-0.25, -0.2) is 0 Å². The smallest absolute Gasteiger partial charge is 0.503 e. The Morgan fingerprint density at radius 3 is 3.00 bits per heavy atom. The van der Waals surface area contributed by atoms with Crippen molar-refractivity contribution >= 4 is 7.69 Å². The Balaban J connectivity index is 2.31. The maximum absolute atomic E-state index is 8.58. The predicted octanol–water partition coefficient (Wildman–Crippen LogP) is 2.27. The fourth-order valence-corrected chi connectivity index (χ4v) is 2.00. The number of unbranched alkanes of at least 4 members (excludes halogenated alkanes) is 2. The lowest BCUT2D eigenvalue weighted by atomic mass is 10.1. The monoisotopic (exact) mass is 256 g/mol. The number of hydrogen-bond acceptors (Lipinski definition) is 4. The first kappa shape index (κ1) is 15.5. The Labute approximate surface area is 111 Å². The minimum atomic E-state index is -0.294. The summed E-state index contributed by atoms with van der Waals surface area (Å²) in [7, 11) is -0.294. The number of hydrogen-bond donors (Lipinski definition) is 1. The van der Waals surface area contributed by atoms with Gasteiger partial charge in [0.05, 0.1) is 12.4 Å². The third kappa shape index (κ3) is 7.04. The van der Waals surface area contributed by atoms with E-state index in [2.05, 4.69) is 6.92 Å². The molecule has 1 N–H and O–H groups in total. The van der Waals surface area contributed by atoms with Gasteiger partial charge in [-0.2, -0.15) is 0 Å². The maximum atomic E-state index is 8.58. The fourth-order valence-electron chi connectivity index (χ4n) is 2.00. The summed E-state index contributed by atoms with van der Waals surface area (Å²) < 4.78 is 16.3. The Hall–Kier alpha value is -0.515. The summed E-state index contributed by atoms with van der Waals surface area (Å²) in [5.41, 5.74) is 0. The normalized spacial score (nSPS) is 22.0. The molecule has 1 heterocycles. The summed E-state index contributed by atoms with van der Waals surface area (Å²) in [5, 5.41) is 8.58. The molecule has 0 saturated carbocycles. The SMILES string of the molecule is CCCCCC(/C=C/OBO)OC1CCCCO1. The van der Waals surface area contributed by atoms with Crippen molar-refractivity contribution in [3.8, 4) is 0 Å². The van der Waals surface area contributed by atoms with Gasteiger partial charge in [-0.15, -0.1) is 0 Å². The lowest BCUT2D eigenvalue weighted by Crippen LogP contribution is -2.27. The van der Waals surface area contributed by atoms with E-state index in [-0.39, 0.29) is 20.1 Å². The van der Waals surface area contributed by atoms with Gasteiger partial charge in [-0.3, -0.25) is 0 Å². The molecule has 0 spiro atoms. The molecule has 2 atom stereocenters. The molecular weight excluding hydrogens is 231 g/mol. The quantitative estimate of drug-likeness (QED) is 0.390. The first-order chi connectivity index (χ1) is 8.86. The molecule has 5 heteroatoms. The first-order valence-corrected chi connectivity index (χ1v) is 7.03. The van der Waals surface area contributed by atoms with E-state index in [9.17, 15) is 0 Å². The van der Waals surface area contributed by atoms with Crippen LogP contribution in [0.5, 0.6) is 0 Å². The van der Waals surface area contributed by atoms with Crippen LogP contribution in [0.3, 0.4) is 0 Å². The van der Waals surface area contributed by atoms with Crippen molar-refractivity contribution in [1.82, 2.24) is 0 Å². The zero-order chi connectivity index (χ0) is 13.1. The molecule has 1 rings (SSSR count). The van der Waals surface area contributed by atoms with Gasteiger partial charge >= 0.3 is 7.69 Å². The largest absolute Gasteiger partial charge is 0.545 e. The minimum Gasteiger partial charge on any atom is -0.545 e. The van der Waals surface area contributed by atoms with E-state index in [1.165, 1.54) is 25.5 Å². The molecule has 0 aromatic carbocycles. The van der Waals surface area contributed by atoms with Gasteiger partial charge in [0.1, 0.15) is 0 Å². The third-order valence-corrected chi connectivity index (χ3v) is 3.02. The van der Waals surface area contributed by atoms with Gasteiger partial charge in [-0.05, 0) is 31.8 Å². The standard InChI is InChI=1S/C13H25BO4/c1-2-3-4-7-12(9-11-17-14-15)18-13-8-5-6-10-16-13/h9,11-15H,2-8,10H2,1H3/b11-9+. The lowest BCUT2D eigenvalue weighted by Gasteiger charge is -2.26. The van der Waals surface area contributed by atoms with Gasteiger partial charge in [0, 0.05) is 6.61 Å². The van der Waals surface area contributed by atoms with E-state index in [0.717, 1.165) is 32.3 Å². The summed E-state index contributed by atoms with van der Waals surface area (Å²) in [6.07, 6.45) is 11.1. The zero-order valence-corrected chi connectivity index (χ0v) is 11.3. The second kappa shape index (κ2) is 10.4. The van der Waals surface area contributed by atoms with Crippen molar-refractivity contribution in [3.05, 3.63) is 12.3 Å². The molecule has 1 aliphatic heterocycles. The van der Waals surface area contributed by atoms with Crippen LogP contribution in [0.4, 0.5) is 0 Å². The number of ether oxygens (including phenoxy) is 2. The molecule has 1 aliphatic rings. The van der Waals surface area contributed by atoms with Crippen LogP contribution in [-0.2, 0) is 14.1 Å². The second-order valence-corrected chi connectivity index (χ2v) is 4.59. The summed E-state index contributed by atoms with van der Waals surface area (Å²) >= 11 is 0. The van der Waals surface area contributed by atoms with Crippen molar-refractivity contribution in [1.29, 1.82) is 0 Å². The molecule has 0 aromatic heterocycles. The highest BCUT2D eigenvalue weighted by Gasteiger charge is 2.18. The highest BCUT2D eigenvalue weighted by Crippen LogP contribution is 2.18. The van der Waals surface area contributed by atoms with Crippen molar-refractivity contribution in [2.45, 2.75) is 64.3 Å². The Morgan fingerprint density at radius 2 is 2.33 bits per heavy atom. The summed E-state index contributed by atoms with van der Waals surface area (Å²) in [4.78, 5) is 0. The molecule has 1 saturated heterocycles. The van der Waals surface area contributed by atoms with Crippen LogP contribution in [0, 0.1) is 0 Å². The molecule has 0 radical (unpaired) electrons. The summed E-state index contributed by atoms with van der Waals surface area (Å²) in [6, 6.07) is 0. The van der Waals surface area contributed by atoms with Crippen LogP contribution in [0.15, 0.2) is 12.3 Å². The Bertz CT molecular complexity index is 217. The van der Waals surface area contributed by atoms with Gasteiger partial charge in [-0.1, -0.05) is 26.2 Å². The van der Waals surface area contributed by atoms with Crippen molar-refractivity contribution in [3.63, 3.8) is 0 Å². The van der Waals surface area contributed by atoms with Crippen LogP contribution in [0.1, 0.15) is 51.9 Å². The molecule has 1 fully saturated rings. The molecule has 2 unspecified atom stereocenters. The molecule has 104 valence electrons. The summed E-state index contributed by atoms with van der Waals surface area (Å²) in [6.45, 7) is 2.98. The average molecular weight is 256 g/mol. The molecule has 0 amide bonds.